The van der Waals surface area contributed by atoms with Crippen LogP contribution in [-0.2, 0) is 28.0 Å². The third-order valence-electron chi connectivity index (χ3n) is 4.98. The number of carbonyl (C=O) groups excluding carboxylic acids is 1. The lowest BCUT2D eigenvalue weighted by atomic mass is 10.1. The Labute approximate surface area is 183 Å². The monoisotopic (exact) mass is 441 g/mol. The van der Waals surface area contributed by atoms with Crippen LogP contribution in [0.25, 0.3) is 0 Å². The number of nitrogens with one attached hydrogen (secondary N) is 1. The first-order chi connectivity index (χ1) is 14.8. The lowest BCUT2D eigenvalue weighted by Crippen LogP contribution is -2.32. The van der Waals surface area contributed by atoms with Crippen molar-refractivity contribution in [3.63, 3.8) is 0 Å². The molecule has 0 saturated heterocycles. The molecular formula is C23H27N3O4S. The summed E-state index contributed by atoms with van der Waals surface area (Å²) in [5.41, 5.74) is 2.97. The van der Waals surface area contributed by atoms with Crippen LogP contribution in [0.5, 0.6) is 5.75 Å². The maximum Gasteiger partial charge on any atom is 0.344 e. The van der Waals surface area contributed by atoms with Crippen molar-refractivity contribution >= 4 is 27.5 Å². The SMILES string of the molecule is CCCCc1ccc(NC(=O)C2=CN(Cc3ccc(OC)cc3)S(=O)(=O)N=C2C)cc1. The van der Waals surface area contributed by atoms with Gasteiger partial charge in [-0.05, 0) is 55.2 Å². The van der Waals surface area contributed by atoms with E-state index in [-0.39, 0.29) is 17.8 Å². The smallest absolute Gasteiger partial charge is 0.344 e. The highest BCUT2D eigenvalue weighted by Gasteiger charge is 2.28. The minimum absolute atomic E-state index is 0.0615. The van der Waals surface area contributed by atoms with Crippen LogP contribution in [0.15, 0.2) is 64.7 Å². The Kier molecular flexibility index (Phi) is 7.12. The van der Waals surface area contributed by atoms with Crippen molar-refractivity contribution in [3.05, 3.63) is 71.4 Å². The Morgan fingerprint density at radius 1 is 1.06 bits per heavy atom. The van der Waals surface area contributed by atoms with Gasteiger partial charge in [0.25, 0.3) is 5.91 Å². The standard InChI is InChI=1S/C23H27N3O4S/c1-4-5-6-18-7-11-20(12-8-18)24-23(27)22-16-26(31(28,29)25-17(22)2)15-19-9-13-21(30-3)14-10-19/h7-14,16H,4-6,15H2,1-3H3,(H,24,27). The molecule has 0 saturated carbocycles. The molecule has 164 valence electrons. The van der Waals surface area contributed by atoms with Gasteiger partial charge in [-0.25, -0.2) is 0 Å². The molecule has 0 atom stereocenters. The highest BCUT2D eigenvalue weighted by molar-refractivity contribution is 7.88. The maximum absolute atomic E-state index is 12.8. The van der Waals surface area contributed by atoms with Crippen LogP contribution in [0.3, 0.4) is 0 Å². The molecule has 1 aliphatic rings. The van der Waals surface area contributed by atoms with Gasteiger partial charge in [0, 0.05) is 11.9 Å². The number of aryl methyl sites for hydroxylation is 1. The summed E-state index contributed by atoms with van der Waals surface area (Å²) in [7, 11) is -2.34. The summed E-state index contributed by atoms with van der Waals surface area (Å²) >= 11 is 0. The van der Waals surface area contributed by atoms with Gasteiger partial charge >= 0.3 is 10.2 Å². The van der Waals surface area contributed by atoms with Crippen molar-refractivity contribution in [2.75, 3.05) is 12.4 Å². The number of carbonyl (C=O) groups is 1. The molecule has 31 heavy (non-hydrogen) atoms. The van der Waals surface area contributed by atoms with Gasteiger partial charge in [0.05, 0.1) is 24.9 Å². The van der Waals surface area contributed by atoms with Crippen molar-refractivity contribution in [1.82, 2.24) is 4.31 Å². The van der Waals surface area contributed by atoms with Crippen LogP contribution in [0.4, 0.5) is 5.69 Å². The van der Waals surface area contributed by atoms with Crippen LogP contribution in [0, 0.1) is 0 Å². The third kappa shape index (κ3) is 5.73. The molecule has 1 N–H and O–H groups in total. The van der Waals surface area contributed by atoms with Gasteiger partial charge in [0.1, 0.15) is 5.75 Å². The zero-order valence-corrected chi connectivity index (χ0v) is 18.8. The average molecular weight is 442 g/mol. The molecule has 2 aromatic carbocycles. The van der Waals surface area contributed by atoms with Gasteiger partial charge in [0.15, 0.2) is 0 Å². The molecule has 8 heteroatoms. The van der Waals surface area contributed by atoms with E-state index in [1.165, 1.54) is 18.7 Å². The topological polar surface area (TPSA) is 88.1 Å². The summed E-state index contributed by atoms with van der Waals surface area (Å²) in [6.07, 6.45) is 4.58. The van der Waals surface area contributed by atoms with Crippen molar-refractivity contribution < 1.29 is 17.9 Å². The lowest BCUT2D eigenvalue weighted by Gasteiger charge is -2.24. The molecule has 0 radical (unpaired) electrons. The first-order valence-corrected chi connectivity index (χ1v) is 11.6. The van der Waals surface area contributed by atoms with Gasteiger partial charge in [-0.1, -0.05) is 37.6 Å². The maximum atomic E-state index is 12.8. The van der Waals surface area contributed by atoms with Crippen LogP contribution in [0.1, 0.15) is 37.8 Å². The number of benzene rings is 2. The van der Waals surface area contributed by atoms with E-state index in [2.05, 4.69) is 16.6 Å². The number of rotatable bonds is 8. The molecular weight excluding hydrogens is 414 g/mol. The molecule has 0 aromatic heterocycles. The van der Waals surface area contributed by atoms with Crippen LogP contribution in [0.2, 0.25) is 0 Å². The molecule has 0 bridgehead atoms. The molecule has 0 unspecified atom stereocenters. The van der Waals surface area contributed by atoms with E-state index in [1.807, 2.05) is 24.3 Å². The Morgan fingerprint density at radius 2 is 1.71 bits per heavy atom. The fourth-order valence-electron chi connectivity index (χ4n) is 3.17. The van der Waals surface area contributed by atoms with E-state index in [1.54, 1.807) is 31.4 Å². The molecule has 1 aliphatic heterocycles. The largest absolute Gasteiger partial charge is 0.497 e. The Morgan fingerprint density at radius 3 is 2.32 bits per heavy atom. The van der Waals surface area contributed by atoms with Gasteiger partial charge in [0.2, 0.25) is 0 Å². The summed E-state index contributed by atoms with van der Waals surface area (Å²) < 4.78 is 35.0. The number of ether oxygens (including phenoxy) is 1. The predicted molar refractivity (Wildman–Crippen MR) is 122 cm³/mol. The molecule has 2 aromatic rings. The van der Waals surface area contributed by atoms with Crippen LogP contribution in [-0.4, -0.2) is 31.5 Å². The quantitative estimate of drug-likeness (QED) is 0.669. The summed E-state index contributed by atoms with van der Waals surface area (Å²) in [5, 5.41) is 2.83. The van der Waals surface area contributed by atoms with Crippen LogP contribution >= 0.6 is 0 Å². The minimum Gasteiger partial charge on any atom is -0.497 e. The molecule has 0 fully saturated rings. The van der Waals surface area contributed by atoms with E-state index in [9.17, 15) is 13.2 Å². The van der Waals surface area contributed by atoms with Crippen molar-refractivity contribution in [3.8, 4) is 5.75 Å². The molecule has 0 aliphatic carbocycles. The number of unbranched alkanes of at least 4 members (excludes halogenated alkanes) is 1. The minimum atomic E-state index is -3.91. The molecule has 3 rings (SSSR count). The Balaban J connectivity index is 1.76. The van der Waals surface area contributed by atoms with E-state index in [0.29, 0.717) is 11.4 Å². The van der Waals surface area contributed by atoms with E-state index in [4.69, 9.17) is 4.74 Å². The number of hydrogen-bond donors (Lipinski definition) is 1. The number of anilines is 1. The highest BCUT2D eigenvalue weighted by atomic mass is 32.2. The number of hydrogen-bond acceptors (Lipinski definition) is 4. The fraction of sp³-hybridized carbons (Fsp3) is 0.304. The summed E-state index contributed by atoms with van der Waals surface area (Å²) in [6.45, 7) is 3.72. The number of nitrogens with zero attached hydrogens (tertiary/aromatic N) is 2. The first kappa shape index (κ1) is 22.6. The first-order valence-electron chi connectivity index (χ1n) is 10.2. The second-order valence-corrected chi connectivity index (χ2v) is 8.89. The number of amides is 1. The zero-order valence-electron chi connectivity index (χ0n) is 18.0. The predicted octanol–water partition coefficient (Wildman–Crippen LogP) is 4.08. The Bertz CT molecular complexity index is 1090. The molecule has 0 spiro atoms. The normalized spacial score (nSPS) is 15.1. The summed E-state index contributed by atoms with van der Waals surface area (Å²) in [6, 6.07) is 14.7. The summed E-state index contributed by atoms with van der Waals surface area (Å²) in [5.74, 6) is 0.271. The second-order valence-electron chi connectivity index (χ2n) is 7.35. The zero-order chi connectivity index (χ0) is 22.4. The highest BCUT2D eigenvalue weighted by Crippen LogP contribution is 2.22. The van der Waals surface area contributed by atoms with Gasteiger partial charge in [-0.15, -0.1) is 4.40 Å². The summed E-state index contributed by atoms with van der Waals surface area (Å²) in [4.78, 5) is 12.8. The molecule has 1 amide bonds. The van der Waals surface area contributed by atoms with E-state index in [0.717, 1.165) is 29.1 Å². The van der Waals surface area contributed by atoms with Gasteiger partial charge in [-0.2, -0.15) is 8.42 Å². The molecule has 1 heterocycles. The Hall–Kier alpha value is -3.13. The van der Waals surface area contributed by atoms with E-state index >= 15 is 0 Å². The van der Waals surface area contributed by atoms with Crippen molar-refractivity contribution in [1.29, 1.82) is 0 Å². The van der Waals surface area contributed by atoms with Gasteiger partial charge in [-0.3, -0.25) is 9.10 Å². The fourth-order valence-corrected chi connectivity index (χ4v) is 4.27. The van der Waals surface area contributed by atoms with Crippen molar-refractivity contribution in [2.45, 2.75) is 39.7 Å². The lowest BCUT2D eigenvalue weighted by molar-refractivity contribution is -0.112. The van der Waals surface area contributed by atoms with E-state index < -0.39 is 16.1 Å². The number of methoxy groups -OCH3 is 1. The second kappa shape index (κ2) is 9.78. The average Bonchev–Trinajstić information content (AvgIpc) is 2.75. The van der Waals surface area contributed by atoms with Crippen LogP contribution < -0.4 is 10.1 Å². The van der Waals surface area contributed by atoms with Gasteiger partial charge < -0.3 is 10.1 Å². The van der Waals surface area contributed by atoms with Crippen molar-refractivity contribution in [2.24, 2.45) is 4.40 Å². The third-order valence-corrected chi connectivity index (χ3v) is 6.32. The molecule has 7 nitrogen and oxygen atoms in total.